The molecule has 6 nitrogen and oxygen atoms in total. The van der Waals surface area contributed by atoms with Gasteiger partial charge in [-0.3, -0.25) is 4.57 Å². The van der Waals surface area contributed by atoms with E-state index in [0.29, 0.717) is 16.5 Å². The van der Waals surface area contributed by atoms with Crippen molar-refractivity contribution in [3.63, 3.8) is 0 Å². The first-order valence-electron chi connectivity index (χ1n) is 5.24. The van der Waals surface area contributed by atoms with Gasteiger partial charge in [0.2, 0.25) is 0 Å². The quantitative estimate of drug-likeness (QED) is 0.824. The molecule has 0 radical (unpaired) electrons. The molecular weight excluding hydrogens is 273 g/mol. The average molecular weight is 283 g/mol. The van der Waals surface area contributed by atoms with Crippen LogP contribution in [0.1, 0.15) is 15.9 Å². The lowest BCUT2D eigenvalue weighted by atomic mass is 10.1. The highest BCUT2D eigenvalue weighted by Crippen LogP contribution is 2.20. The summed E-state index contributed by atoms with van der Waals surface area (Å²) in [6.45, 7) is 0. The van der Waals surface area contributed by atoms with Gasteiger partial charge in [-0.25, -0.2) is 19.1 Å². The van der Waals surface area contributed by atoms with E-state index in [1.165, 1.54) is 28.5 Å². The summed E-state index contributed by atoms with van der Waals surface area (Å²) in [5, 5.41) is 15.4. The molecule has 2 N–H and O–H groups in total. The maximum absolute atomic E-state index is 13.2. The normalized spacial score (nSPS) is 10.6. The summed E-state index contributed by atoms with van der Waals surface area (Å²) in [5.41, 5.74) is 0.0670. The van der Waals surface area contributed by atoms with E-state index in [9.17, 15) is 14.0 Å². The smallest absolute Gasteiger partial charge is 0.343 e. The van der Waals surface area contributed by atoms with Gasteiger partial charge in [-0.15, -0.1) is 5.10 Å². The van der Waals surface area contributed by atoms with Crippen LogP contribution in [0.4, 0.5) is 4.39 Å². The molecule has 0 aliphatic rings. The van der Waals surface area contributed by atoms with Crippen molar-refractivity contribution in [2.24, 2.45) is 7.05 Å². The van der Waals surface area contributed by atoms with Gasteiger partial charge in [-0.1, -0.05) is 11.8 Å². The highest BCUT2D eigenvalue weighted by Gasteiger charge is 2.09. The molecule has 1 aromatic heterocycles. The fourth-order valence-corrected chi connectivity index (χ4v) is 2.32. The van der Waals surface area contributed by atoms with Crippen molar-refractivity contribution in [2.45, 2.75) is 10.9 Å². The van der Waals surface area contributed by atoms with Crippen molar-refractivity contribution in [2.75, 3.05) is 0 Å². The van der Waals surface area contributed by atoms with Gasteiger partial charge in [0.25, 0.3) is 0 Å². The molecule has 0 unspecified atom stereocenters. The van der Waals surface area contributed by atoms with Gasteiger partial charge < -0.3 is 5.11 Å². The monoisotopic (exact) mass is 283 g/mol. The molecule has 2 rings (SSSR count). The van der Waals surface area contributed by atoms with Crippen molar-refractivity contribution in [3.05, 3.63) is 45.6 Å². The van der Waals surface area contributed by atoms with E-state index in [4.69, 9.17) is 5.11 Å². The van der Waals surface area contributed by atoms with E-state index < -0.39 is 11.8 Å². The number of hydrogen-bond donors (Lipinski definition) is 2. The third-order valence-corrected chi connectivity index (χ3v) is 3.51. The number of halogens is 1. The summed E-state index contributed by atoms with van der Waals surface area (Å²) >= 11 is 1.21. The van der Waals surface area contributed by atoms with Crippen LogP contribution in [-0.2, 0) is 12.8 Å². The molecular formula is C11H10FN3O3S. The molecule has 19 heavy (non-hydrogen) atoms. The summed E-state index contributed by atoms with van der Waals surface area (Å²) in [7, 11) is 1.56. The molecule has 100 valence electrons. The predicted molar refractivity (Wildman–Crippen MR) is 66.7 cm³/mol. The highest BCUT2D eigenvalue weighted by atomic mass is 32.2. The lowest BCUT2D eigenvalue weighted by molar-refractivity contribution is 0.0696. The number of aromatic carboxylic acids is 1. The standard InChI is InChI=1S/C11H10FN3O3S/c1-15-10(18)13-14-11(15)19-5-6-2-7(9(16)17)4-8(12)3-6/h2-4H,5H2,1H3,(H,13,18)(H,16,17). The molecule has 0 atom stereocenters. The topological polar surface area (TPSA) is 88.0 Å². The second-order valence-corrected chi connectivity index (χ2v) is 4.75. The average Bonchev–Trinajstić information content (AvgIpc) is 2.67. The number of nitrogens with one attached hydrogen (secondary N) is 1. The Hall–Kier alpha value is -2.09. The third-order valence-electron chi connectivity index (χ3n) is 2.41. The Kier molecular flexibility index (Phi) is 3.70. The number of aromatic amines is 1. The SMILES string of the molecule is Cn1c(SCc2cc(F)cc(C(=O)O)c2)n[nH]c1=O. The fraction of sp³-hybridized carbons (Fsp3) is 0.182. The minimum absolute atomic E-state index is 0.105. The van der Waals surface area contributed by atoms with Gasteiger partial charge in [0.1, 0.15) is 5.82 Å². The Labute approximate surface area is 111 Å². The molecule has 0 bridgehead atoms. The maximum atomic E-state index is 13.2. The van der Waals surface area contributed by atoms with Gasteiger partial charge in [0, 0.05) is 12.8 Å². The first-order chi connectivity index (χ1) is 8.97. The summed E-state index contributed by atoms with van der Waals surface area (Å²) in [5.74, 6) is -1.47. The largest absolute Gasteiger partial charge is 0.478 e. The predicted octanol–water partition coefficient (Wildman–Crippen LogP) is 1.24. The van der Waals surface area contributed by atoms with Gasteiger partial charge in [0.05, 0.1) is 5.56 Å². The van der Waals surface area contributed by atoms with Crippen LogP contribution in [-0.4, -0.2) is 25.8 Å². The van der Waals surface area contributed by atoms with Gasteiger partial charge in [-0.05, 0) is 23.8 Å². The molecule has 0 aliphatic heterocycles. The maximum Gasteiger partial charge on any atom is 0.343 e. The van der Waals surface area contributed by atoms with Crippen molar-refractivity contribution in [1.29, 1.82) is 0 Å². The zero-order chi connectivity index (χ0) is 14.0. The van der Waals surface area contributed by atoms with E-state index in [-0.39, 0.29) is 11.3 Å². The number of benzene rings is 1. The highest BCUT2D eigenvalue weighted by molar-refractivity contribution is 7.98. The Balaban J connectivity index is 2.18. The number of nitrogens with zero attached hydrogens (tertiary/aromatic N) is 2. The number of carboxylic acids is 1. The van der Waals surface area contributed by atoms with Crippen LogP contribution >= 0.6 is 11.8 Å². The van der Waals surface area contributed by atoms with Gasteiger partial charge in [-0.2, -0.15) is 0 Å². The van der Waals surface area contributed by atoms with Crippen LogP contribution in [0, 0.1) is 5.82 Å². The van der Waals surface area contributed by atoms with Crippen LogP contribution in [0.2, 0.25) is 0 Å². The van der Waals surface area contributed by atoms with Crippen molar-refractivity contribution in [1.82, 2.24) is 14.8 Å². The number of hydrogen-bond acceptors (Lipinski definition) is 4. The summed E-state index contributed by atoms with van der Waals surface area (Å²) in [6.07, 6.45) is 0. The minimum atomic E-state index is -1.18. The van der Waals surface area contributed by atoms with Gasteiger partial charge in [0.15, 0.2) is 5.16 Å². The molecule has 2 aromatic rings. The molecule has 0 saturated carbocycles. The van der Waals surface area contributed by atoms with Crippen molar-refractivity contribution in [3.8, 4) is 0 Å². The third kappa shape index (κ3) is 3.02. The molecule has 0 saturated heterocycles. The van der Waals surface area contributed by atoms with E-state index in [0.717, 1.165) is 6.07 Å². The molecule has 0 fully saturated rings. The minimum Gasteiger partial charge on any atom is -0.478 e. The van der Waals surface area contributed by atoms with E-state index >= 15 is 0 Å². The molecule has 0 spiro atoms. The Morgan fingerprint density at radius 2 is 2.26 bits per heavy atom. The van der Waals surface area contributed by atoms with Gasteiger partial charge >= 0.3 is 11.7 Å². The lowest BCUT2D eigenvalue weighted by Gasteiger charge is -2.03. The first-order valence-corrected chi connectivity index (χ1v) is 6.23. The summed E-state index contributed by atoms with van der Waals surface area (Å²) in [6, 6.07) is 3.61. The Morgan fingerprint density at radius 1 is 1.53 bits per heavy atom. The van der Waals surface area contributed by atoms with Crippen molar-refractivity contribution >= 4 is 17.7 Å². The second-order valence-electron chi connectivity index (χ2n) is 3.81. The number of carbonyl (C=O) groups is 1. The van der Waals surface area contributed by atoms with Crippen LogP contribution in [0.5, 0.6) is 0 Å². The summed E-state index contributed by atoms with van der Waals surface area (Å²) < 4.78 is 14.6. The summed E-state index contributed by atoms with van der Waals surface area (Å²) in [4.78, 5) is 21.9. The van der Waals surface area contributed by atoms with E-state index in [2.05, 4.69) is 10.2 Å². The Morgan fingerprint density at radius 3 is 2.84 bits per heavy atom. The number of thioether (sulfide) groups is 1. The lowest BCUT2D eigenvalue weighted by Crippen LogP contribution is -2.12. The molecule has 8 heteroatoms. The van der Waals surface area contributed by atoms with E-state index in [1.54, 1.807) is 7.05 Å². The zero-order valence-corrected chi connectivity index (χ0v) is 10.7. The number of rotatable bonds is 4. The second kappa shape index (κ2) is 5.27. The van der Waals surface area contributed by atoms with Crippen molar-refractivity contribution < 1.29 is 14.3 Å². The van der Waals surface area contributed by atoms with Crippen LogP contribution in [0.15, 0.2) is 28.2 Å². The molecule has 1 heterocycles. The number of aromatic nitrogens is 3. The molecule has 0 aliphatic carbocycles. The van der Waals surface area contributed by atoms with E-state index in [1.807, 2.05) is 0 Å². The fourth-order valence-electron chi connectivity index (χ4n) is 1.47. The Bertz CT molecular complexity index is 680. The molecule has 0 amide bonds. The van der Waals surface area contributed by atoms with Crippen LogP contribution in [0.25, 0.3) is 0 Å². The zero-order valence-electron chi connectivity index (χ0n) is 9.88. The number of H-pyrrole nitrogens is 1. The first kappa shape index (κ1) is 13.3. The van der Waals surface area contributed by atoms with Crippen LogP contribution in [0.3, 0.4) is 0 Å². The number of carboxylic acid groups (broad SMARTS) is 1. The van der Waals surface area contributed by atoms with Crippen LogP contribution < -0.4 is 5.69 Å². The molecule has 1 aromatic carbocycles.